The summed E-state index contributed by atoms with van der Waals surface area (Å²) in [5, 5.41) is 3.94. The van der Waals surface area contributed by atoms with Crippen LogP contribution in [0.1, 0.15) is 11.3 Å². The van der Waals surface area contributed by atoms with E-state index >= 15 is 0 Å². The van der Waals surface area contributed by atoms with E-state index in [0.717, 1.165) is 16.1 Å². The minimum absolute atomic E-state index is 0.0129. The first-order valence-electron chi connectivity index (χ1n) is 8.63. The number of halogens is 1. The van der Waals surface area contributed by atoms with Crippen LogP contribution in [0.2, 0.25) is 5.15 Å². The number of rotatable bonds is 7. The molecule has 0 atom stereocenters. The van der Waals surface area contributed by atoms with Crippen molar-refractivity contribution in [1.82, 2.24) is 15.0 Å². The van der Waals surface area contributed by atoms with Crippen molar-refractivity contribution in [2.75, 3.05) is 17.9 Å². The summed E-state index contributed by atoms with van der Waals surface area (Å²) < 4.78 is 32.2. The number of anilines is 1. The molecule has 152 valence electrons. The molecule has 0 radical (unpaired) electrons. The van der Waals surface area contributed by atoms with Crippen LogP contribution >= 0.6 is 11.6 Å². The number of likely N-dealkylation sites (N-methyl/N-ethyl adjacent to an activating group) is 1. The maximum atomic E-state index is 13.2. The quantitative estimate of drug-likeness (QED) is 0.530. The van der Waals surface area contributed by atoms with E-state index in [1.54, 1.807) is 14.0 Å². The van der Waals surface area contributed by atoms with Gasteiger partial charge in [0.05, 0.1) is 0 Å². The van der Waals surface area contributed by atoms with Gasteiger partial charge in [-0.15, -0.1) is 0 Å². The molecule has 8 nitrogen and oxygen atoms in total. The highest BCUT2D eigenvalue weighted by Crippen LogP contribution is 2.24. The Hall–Kier alpha value is -2.91. The zero-order valence-corrected chi connectivity index (χ0v) is 17.4. The first kappa shape index (κ1) is 20.8. The number of amides is 1. The van der Waals surface area contributed by atoms with Crippen molar-refractivity contribution in [3.63, 3.8) is 0 Å². The van der Waals surface area contributed by atoms with E-state index in [1.807, 2.05) is 30.3 Å². The summed E-state index contributed by atoms with van der Waals surface area (Å²) in [6.45, 7) is 1.53. The Balaban J connectivity index is 1.88. The Morgan fingerprint density at radius 2 is 1.90 bits per heavy atom. The van der Waals surface area contributed by atoms with E-state index in [4.69, 9.17) is 16.1 Å². The van der Waals surface area contributed by atoms with Crippen molar-refractivity contribution in [2.45, 2.75) is 18.4 Å². The van der Waals surface area contributed by atoms with Crippen LogP contribution in [0.5, 0.6) is 0 Å². The number of sulfonamides is 1. The largest absolute Gasteiger partial charge is 0.360 e. The molecule has 29 heavy (non-hydrogen) atoms. The normalized spacial score (nSPS) is 11.3. The fourth-order valence-corrected chi connectivity index (χ4v) is 4.00. The SMILES string of the molecule is Cc1cc(N(CC(=O)N(C)Cc2ccccc2)S(=O)(=O)c2ccc(Cl)nc2)no1. The third-order valence-electron chi connectivity index (χ3n) is 4.13. The molecule has 0 spiro atoms. The number of benzene rings is 1. The predicted molar refractivity (Wildman–Crippen MR) is 108 cm³/mol. The summed E-state index contributed by atoms with van der Waals surface area (Å²) in [7, 11) is -2.51. The first-order valence-corrected chi connectivity index (χ1v) is 10.4. The molecule has 0 aliphatic heterocycles. The van der Waals surface area contributed by atoms with Crippen LogP contribution in [0.15, 0.2) is 64.1 Å². The van der Waals surface area contributed by atoms with Gasteiger partial charge in [-0.05, 0) is 24.6 Å². The van der Waals surface area contributed by atoms with Crippen LogP contribution < -0.4 is 4.31 Å². The molecule has 0 unspecified atom stereocenters. The molecular formula is C19H19ClN4O4S. The van der Waals surface area contributed by atoms with E-state index in [9.17, 15) is 13.2 Å². The second-order valence-electron chi connectivity index (χ2n) is 6.36. The van der Waals surface area contributed by atoms with Crippen LogP contribution in [-0.4, -0.2) is 43.0 Å². The molecule has 3 aromatic rings. The van der Waals surface area contributed by atoms with Crippen molar-refractivity contribution >= 4 is 33.3 Å². The molecule has 0 aliphatic rings. The zero-order chi connectivity index (χ0) is 21.0. The predicted octanol–water partition coefficient (Wildman–Crippen LogP) is 2.89. The lowest BCUT2D eigenvalue weighted by Gasteiger charge is -2.24. The number of pyridine rings is 1. The maximum absolute atomic E-state index is 13.2. The third kappa shape index (κ3) is 4.93. The van der Waals surface area contributed by atoms with Crippen LogP contribution in [-0.2, 0) is 21.4 Å². The minimum Gasteiger partial charge on any atom is -0.360 e. The van der Waals surface area contributed by atoms with Gasteiger partial charge < -0.3 is 9.42 Å². The Bertz CT molecular complexity index is 1080. The molecule has 0 saturated carbocycles. The number of carbonyl (C=O) groups excluding carboxylic acids is 1. The Labute approximate surface area is 173 Å². The van der Waals surface area contributed by atoms with Crippen molar-refractivity contribution in [3.8, 4) is 0 Å². The molecule has 10 heteroatoms. The topological polar surface area (TPSA) is 96.6 Å². The van der Waals surface area contributed by atoms with E-state index < -0.39 is 22.5 Å². The van der Waals surface area contributed by atoms with Crippen molar-refractivity contribution in [1.29, 1.82) is 0 Å². The lowest BCUT2D eigenvalue weighted by atomic mass is 10.2. The fraction of sp³-hybridized carbons (Fsp3) is 0.211. The van der Waals surface area contributed by atoms with Gasteiger partial charge in [-0.1, -0.05) is 47.1 Å². The fourth-order valence-electron chi connectivity index (χ4n) is 2.59. The molecule has 0 aliphatic carbocycles. The molecule has 0 saturated heterocycles. The lowest BCUT2D eigenvalue weighted by Crippen LogP contribution is -2.41. The number of hydrogen-bond donors (Lipinski definition) is 0. The summed E-state index contributed by atoms with van der Waals surface area (Å²) in [5.41, 5.74) is 0.928. The van der Waals surface area contributed by atoms with Gasteiger partial charge in [0, 0.05) is 25.9 Å². The first-order chi connectivity index (χ1) is 13.8. The van der Waals surface area contributed by atoms with Crippen molar-refractivity contribution in [3.05, 3.63) is 71.2 Å². The molecule has 2 heterocycles. The number of hydrogen-bond acceptors (Lipinski definition) is 6. The maximum Gasteiger partial charge on any atom is 0.267 e. The summed E-state index contributed by atoms with van der Waals surface area (Å²) in [4.78, 5) is 18.0. The number of nitrogens with zero attached hydrogens (tertiary/aromatic N) is 4. The Morgan fingerprint density at radius 3 is 2.48 bits per heavy atom. The van der Waals surface area contributed by atoms with Gasteiger partial charge in [0.25, 0.3) is 10.0 Å². The minimum atomic E-state index is -4.12. The third-order valence-corrected chi connectivity index (χ3v) is 6.08. The summed E-state index contributed by atoms with van der Waals surface area (Å²) in [6.07, 6.45) is 1.13. The highest BCUT2D eigenvalue weighted by molar-refractivity contribution is 7.92. The van der Waals surface area contributed by atoms with Gasteiger partial charge in [0.1, 0.15) is 22.4 Å². The Morgan fingerprint density at radius 1 is 1.17 bits per heavy atom. The van der Waals surface area contributed by atoms with Crippen molar-refractivity contribution < 1.29 is 17.7 Å². The van der Waals surface area contributed by atoms with Crippen LogP contribution in [0.4, 0.5) is 5.82 Å². The summed E-state index contributed by atoms with van der Waals surface area (Å²) in [5.74, 6) is 0.0263. The second-order valence-corrected chi connectivity index (χ2v) is 8.61. The monoisotopic (exact) mass is 434 g/mol. The van der Waals surface area contributed by atoms with E-state index in [1.165, 1.54) is 23.1 Å². The van der Waals surface area contributed by atoms with Gasteiger partial charge in [-0.25, -0.2) is 17.7 Å². The van der Waals surface area contributed by atoms with Gasteiger partial charge >= 0.3 is 0 Å². The molecule has 0 bridgehead atoms. The highest BCUT2D eigenvalue weighted by Gasteiger charge is 2.30. The van der Waals surface area contributed by atoms with E-state index in [2.05, 4.69) is 10.1 Å². The molecule has 2 aromatic heterocycles. The van der Waals surface area contributed by atoms with Gasteiger partial charge in [0.15, 0.2) is 5.82 Å². The molecular weight excluding hydrogens is 416 g/mol. The van der Waals surface area contributed by atoms with Crippen LogP contribution in [0.3, 0.4) is 0 Å². The van der Waals surface area contributed by atoms with E-state index in [-0.39, 0.29) is 15.9 Å². The standard InChI is InChI=1S/C19H19ClN4O4S/c1-14-10-18(22-28-14)24(29(26,27)16-8-9-17(20)21-11-16)13-19(25)23(2)12-15-6-4-3-5-7-15/h3-11H,12-13H2,1-2H3. The molecule has 0 fully saturated rings. The van der Waals surface area contributed by atoms with Crippen LogP contribution in [0.25, 0.3) is 0 Å². The molecule has 1 amide bonds. The number of carbonyl (C=O) groups is 1. The highest BCUT2D eigenvalue weighted by atomic mass is 35.5. The van der Waals surface area contributed by atoms with Gasteiger partial charge in [-0.2, -0.15) is 0 Å². The molecule has 3 rings (SSSR count). The smallest absolute Gasteiger partial charge is 0.267 e. The van der Waals surface area contributed by atoms with E-state index in [0.29, 0.717) is 12.3 Å². The average Bonchev–Trinajstić information content (AvgIpc) is 3.12. The number of aromatic nitrogens is 2. The Kier molecular flexibility index (Phi) is 6.19. The summed E-state index contributed by atoms with van der Waals surface area (Å²) in [6, 6.07) is 13.5. The van der Waals surface area contributed by atoms with Gasteiger partial charge in [0.2, 0.25) is 5.91 Å². The lowest BCUT2D eigenvalue weighted by molar-refractivity contribution is -0.128. The van der Waals surface area contributed by atoms with Gasteiger partial charge in [-0.3, -0.25) is 4.79 Å². The molecule has 1 aromatic carbocycles. The summed E-state index contributed by atoms with van der Waals surface area (Å²) >= 11 is 5.76. The number of aryl methyl sites for hydroxylation is 1. The second kappa shape index (κ2) is 8.62. The zero-order valence-electron chi connectivity index (χ0n) is 15.8. The van der Waals surface area contributed by atoms with Crippen molar-refractivity contribution in [2.24, 2.45) is 0 Å². The average molecular weight is 435 g/mol. The molecule has 0 N–H and O–H groups in total. The van der Waals surface area contributed by atoms with Crippen LogP contribution in [0, 0.1) is 6.92 Å².